The zero-order valence-corrected chi connectivity index (χ0v) is 24.6. The summed E-state index contributed by atoms with van der Waals surface area (Å²) >= 11 is 6.55. The number of carbonyl (C=O) groups excluding carboxylic acids is 1. The number of fused-ring (bicyclic) bond motifs is 1. The van der Waals surface area contributed by atoms with Gasteiger partial charge < -0.3 is 14.5 Å². The van der Waals surface area contributed by atoms with Crippen molar-refractivity contribution in [1.82, 2.24) is 9.80 Å². The summed E-state index contributed by atoms with van der Waals surface area (Å²) in [6.45, 7) is 21.4. The molecule has 5 nitrogen and oxygen atoms in total. The molecule has 3 rings (SSSR count). The Morgan fingerprint density at radius 3 is 2.61 bits per heavy atom. The number of benzene rings is 1. The summed E-state index contributed by atoms with van der Waals surface area (Å²) < 4.78 is 5.63. The first kappa shape index (κ1) is 29.8. The van der Waals surface area contributed by atoms with E-state index in [9.17, 15) is 4.79 Å². The van der Waals surface area contributed by atoms with Crippen molar-refractivity contribution in [3.05, 3.63) is 77.0 Å². The molecule has 2 aliphatic rings. The molecule has 38 heavy (non-hydrogen) atoms. The molecule has 0 spiro atoms. The smallest absolute Gasteiger partial charge is 0.410 e. The molecule has 6 heteroatoms. The van der Waals surface area contributed by atoms with Gasteiger partial charge in [0.2, 0.25) is 0 Å². The van der Waals surface area contributed by atoms with Crippen molar-refractivity contribution >= 4 is 29.6 Å². The van der Waals surface area contributed by atoms with Gasteiger partial charge in [0.05, 0.1) is 6.34 Å². The molecule has 1 atom stereocenters. The third kappa shape index (κ3) is 7.63. The average Bonchev–Trinajstić information content (AvgIpc) is 2.98. The Hall–Kier alpha value is -2.79. The third-order valence-corrected chi connectivity index (χ3v) is 7.59. The number of allylic oxidation sites excluding steroid dienone is 5. The molecule has 1 aliphatic carbocycles. The standard InChI is InChI=1S/C32H44ClN3O2/c1-8-27-23(4)20-25(12-11-17-35(10-3)22-34-9-2)29-21-26(33)13-14-28(29)30(27)24-15-18-36(19-16-24)31(37)38-32(5,6)7/h8-9,13-14,20-22,24,30H,2,4,10-12,15-19H2,1,3,5-7H3/b27-8-,34-22?. The maximum Gasteiger partial charge on any atom is 0.410 e. The van der Waals surface area contributed by atoms with E-state index in [0.29, 0.717) is 19.0 Å². The predicted molar refractivity (Wildman–Crippen MR) is 161 cm³/mol. The van der Waals surface area contributed by atoms with Crippen LogP contribution in [0.4, 0.5) is 4.79 Å². The van der Waals surface area contributed by atoms with Gasteiger partial charge in [-0.1, -0.05) is 43.0 Å². The second-order valence-electron chi connectivity index (χ2n) is 11.1. The second-order valence-corrected chi connectivity index (χ2v) is 11.6. The van der Waals surface area contributed by atoms with E-state index in [-0.39, 0.29) is 12.0 Å². The van der Waals surface area contributed by atoms with E-state index < -0.39 is 5.60 Å². The lowest BCUT2D eigenvalue weighted by molar-refractivity contribution is 0.0178. The van der Waals surface area contributed by atoms with E-state index in [2.05, 4.69) is 61.2 Å². The first-order valence-corrected chi connectivity index (χ1v) is 14.2. The third-order valence-electron chi connectivity index (χ3n) is 7.36. The molecule has 0 radical (unpaired) electrons. The highest BCUT2D eigenvalue weighted by molar-refractivity contribution is 6.30. The van der Waals surface area contributed by atoms with Gasteiger partial charge in [0.15, 0.2) is 0 Å². The number of aliphatic imine (C=N–C) groups is 1. The highest BCUT2D eigenvalue weighted by Crippen LogP contribution is 2.47. The maximum absolute atomic E-state index is 12.7. The van der Waals surface area contributed by atoms with Crippen molar-refractivity contribution in [1.29, 1.82) is 0 Å². The second kappa shape index (κ2) is 13.3. The van der Waals surface area contributed by atoms with Crippen molar-refractivity contribution in [3.8, 4) is 0 Å². The number of likely N-dealkylation sites (tertiary alicyclic amines) is 1. The first-order valence-electron chi connectivity index (χ1n) is 13.8. The van der Waals surface area contributed by atoms with Crippen LogP contribution in [0.5, 0.6) is 0 Å². The van der Waals surface area contributed by atoms with Crippen LogP contribution < -0.4 is 0 Å². The van der Waals surface area contributed by atoms with Crippen molar-refractivity contribution in [2.75, 3.05) is 26.2 Å². The number of halogens is 1. The molecule has 1 amide bonds. The summed E-state index contributed by atoms with van der Waals surface area (Å²) in [6.07, 6.45) is 11.4. The lowest BCUT2D eigenvalue weighted by Gasteiger charge is -2.38. The van der Waals surface area contributed by atoms with E-state index in [0.717, 1.165) is 49.4 Å². The number of amides is 1. The quantitative estimate of drug-likeness (QED) is 0.248. The Labute approximate surface area is 234 Å². The van der Waals surface area contributed by atoms with E-state index in [1.807, 2.05) is 38.1 Å². The molecule has 0 bridgehead atoms. The summed E-state index contributed by atoms with van der Waals surface area (Å²) in [5, 5.41) is 0.746. The summed E-state index contributed by atoms with van der Waals surface area (Å²) in [6, 6.07) is 6.33. The van der Waals surface area contributed by atoms with E-state index in [1.54, 1.807) is 6.20 Å². The van der Waals surface area contributed by atoms with Crippen LogP contribution in [0.2, 0.25) is 5.02 Å². The number of carbonyl (C=O) groups is 1. The van der Waals surface area contributed by atoms with Crippen LogP contribution in [0.15, 0.2) is 65.8 Å². The number of hydrogen-bond acceptors (Lipinski definition) is 3. The Bertz CT molecular complexity index is 1100. The lowest BCUT2D eigenvalue weighted by atomic mass is 9.73. The largest absolute Gasteiger partial charge is 0.444 e. The molecule has 1 unspecified atom stereocenters. The number of hydrogen-bond donors (Lipinski definition) is 0. The first-order chi connectivity index (χ1) is 18.1. The number of piperidine rings is 1. The summed E-state index contributed by atoms with van der Waals surface area (Å²) in [5.74, 6) is 0.608. The van der Waals surface area contributed by atoms with Crippen LogP contribution >= 0.6 is 11.6 Å². The van der Waals surface area contributed by atoms with Gasteiger partial charge in [-0.15, -0.1) is 0 Å². The average molecular weight is 538 g/mol. The fraction of sp³-hybridized carbons (Fsp3) is 0.500. The fourth-order valence-corrected chi connectivity index (χ4v) is 5.72. The summed E-state index contributed by atoms with van der Waals surface area (Å²) in [4.78, 5) is 20.9. The van der Waals surface area contributed by atoms with Crippen molar-refractivity contribution in [2.24, 2.45) is 10.9 Å². The Morgan fingerprint density at radius 2 is 2.00 bits per heavy atom. The molecular formula is C32H44ClN3O2. The Kier molecular flexibility index (Phi) is 10.4. The summed E-state index contributed by atoms with van der Waals surface area (Å²) in [7, 11) is 0. The van der Waals surface area contributed by atoms with Crippen LogP contribution in [-0.2, 0) is 4.74 Å². The minimum Gasteiger partial charge on any atom is -0.444 e. The lowest BCUT2D eigenvalue weighted by Crippen LogP contribution is -2.42. The minimum atomic E-state index is -0.488. The van der Waals surface area contributed by atoms with Gasteiger partial charge in [0, 0.05) is 43.3 Å². The number of ether oxygens (including phenoxy) is 1. The van der Waals surface area contributed by atoms with Gasteiger partial charge in [0.1, 0.15) is 5.60 Å². The van der Waals surface area contributed by atoms with Gasteiger partial charge in [-0.3, -0.25) is 0 Å². The zero-order valence-electron chi connectivity index (χ0n) is 23.8. The van der Waals surface area contributed by atoms with Gasteiger partial charge in [-0.05, 0) is 106 Å². The number of rotatable bonds is 8. The highest BCUT2D eigenvalue weighted by atomic mass is 35.5. The van der Waals surface area contributed by atoms with Crippen LogP contribution in [0, 0.1) is 5.92 Å². The van der Waals surface area contributed by atoms with E-state index in [4.69, 9.17) is 16.3 Å². The van der Waals surface area contributed by atoms with Gasteiger partial charge in [-0.2, -0.15) is 0 Å². The SMILES string of the molecule is C=CN=CN(CC)CCCC1=CC(=C)/C(=C/C)C(C2CCN(C(=O)OC(C)(C)C)CC2)c2ccc(Cl)cc21. The number of nitrogens with zero attached hydrogens (tertiary/aromatic N) is 3. The molecular weight excluding hydrogens is 494 g/mol. The highest BCUT2D eigenvalue weighted by Gasteiger charge is 2.35. The van der Waals surface area contributed by atoms with Crippen molar-refractivity contribution < 1.29 is 9.53 Å². The molecule has 1 aromatic carbocycles. The molecule has 1 heterocycles. The predicted octanol–water partition coefficient (Wildman–Crippen LogP) is 8.24. The molecule has 1 aromatic rings. The van der Waals surface area contributed by atoms with Crippen LogP contribution in [0.25, 0.3) is 5.57 Å². The fourth-order valence-electron chi connectivity index (χ4n) is 5.55. The van der Waals surface area contributed by atoms with Gasteiger partial charge in [-0.25, -0.2) is 9.79 Å². The zero-order chi connectivity index (χ0) is 27.9. The minimum absolute atomic E-state index is 0.209. The molecule has 0 aromatic heterocycles. The van der Waals surface area contributed by atoms with Crippen LogP contribution in [0.3, 0.4) is 0 Å². The Morgan fingerprint density at radius 1 is 1.29 bits per heavy atom. The van der Waals surface area contributed by atoms with E-state index in [1.165, 1.54) is 22.3 Å². The molecule has 0 N–H and O–H groups in total. The van der Waals surface area contributed by atoms with Crippen molar-refractivity contribution in [2.45, 2.75) is 71.8 Å². The van der Waals surface area contributed by atoms with Gasteiger partial charge >= 0.3 is 6.09 Å². The molecule has 0 saturated carbocycles. The molecule has 1 aliphatic heterocycles. The van der Waals surface area contributed by atoms with E-state index >= 15 is 0 Å². The molecule has 1 saturated heterocycles. The Balaban J connectivity index is 1.85. The normalized spacial score (nSPS) is 19.8. The summed E-state index contributed by atoms with van der Waals surface area (Å²) in [5.41, 5.74) is 5.65. The molecule has 1 fully saturated rings. The van der Waals surface area contributed by atoms with Crippen molar-refractivity contribution in [3.63, 3.8) is 0 Å². The van der Waals surface area contributed by atoms with Crippen LogP contribution in [0.1, 0.15) is 77.3 Å². The maximum atomic E-state index is 12.7. The monoisotopic (exact) mass is 537 g/mol. The van der Waals surface area contributed by atoms with Gasteiger partial charge in [0.25, 0.3) is 0 Å². The van der Waals surface area contributed by atoms with Crippen LogP contribution in [-0.4, -0.2) is 54.0 Å². The topological polar surface area (TPSA) is 45.1 Å². The molecule has 206 valence electrons.